The summed E-state index contributed by atoms with van der Waals surface area (Å²) >= 11 is 0. The Bertz CT molecular complexity index is 656. The van der Waals surface area contributed by atoms with Crippen LogP contribution < -0.4 is 13.8 Å². The molecule has 0 amide bonds. The fourth-order valence-electron chi connectivity index (χ4n) is 3.13. The molecule has 1 aromatic rings. The van der Waals surface area contributed by atoms with Crippen molar-refractivity contribution in [2.45, 2.75) is 25.9 Å². The Kier molecular flexibility index (Phi) is 4.68. The van der Waals surface area contributed by atoms with Crippen molar-refractivity contribution in [1.29, 1.82) is 0 Å². The third-order valence-corrected chi connectivity index (χ3v) is 6.10. The van der Waals surface area contributed by atoms with Crippen molar-refractivity contribution in [3.8, 4) is 11.5 Å². The van der Waals surface area contributed by atoms with Gasteiger partial charge in [-0.3, -0.25) is 4.31 Å². The second-order valence-electron chi connectivity index (χ2n) is 6.16. The van der Waals surface area contributed by atoms with Gasteiger partial charge in [0.1, 0.15) is 17.6 Å². The van der Waals surface area contributed by atoms with Crippen LogP contribution in [0.5, 0.6) is 11.5 Å². The Hall–Kier alpha value is -1.47. The van der Waals surface area contributed by atoms with Crippen molar-refractivity contribution in [2.24, 2.45) is 0 Å². The molecule has 1 fully saturated rings. The maximum Gasteiger partial charge on any atom is 0.236 e. The molecule has 1 saturated heterocycles. The highest BCUT2D eigenvalue weighted by Crippen LogP contribution is 2.38. The maximum atomic E-state index is 12.9. The van der Waals surface area contributed by atoms with E-state index in [1.54, 1.807) is 25.3 Å². The number of fused-ring (bicyclic) bond motifs is 1. The molecular weight excluding hydrogens is 316 g/mol. The molecule has 23 heavy (non-hydrogen) atoms. The number of hydrogen-bond donors (Lipinski definition) is 0. The van der Waals surface area contributed by atoms with Crippen LogP contribution in [0.15, 0.2) is 18.2 Å². The fourth-order valence-corrected chi connectivity index (χ4v) is 4.72. The molecule has 2 heterocycles. The van der Waals surface area contributed by atoms with Crippen molar-refractivity contribution in [1.82, 2.24) is 4.90 Å². The van der Waals surface area contributed by atoms with E-state index in [0.29, 0.717) is 30.3 Å². The Labute approximate surface area is 138 Å². The summed E-state index contributed by atoms with van der Waals surface area (Å²) in [5.41, 5.74) is 0.573. The van der Waals surface area contributed by atoms with Gasteiger partial charge in [0.25, 0.3) is 0 Å². The van der Waals surface area contributed by atoms with E-state index in [1.807, 2.05) is 6.92 Å². The van der Waals surface area contributed by atoms with Crippen LogP contribution >= 0.6 is 0 Å². The fraction of sp³-hybridized carbons (Fsp3) is 0.625. The van der Waals surface area contributed by atoms with Crippen molar-refractivity contribution in [3.63, 3.8) is 0 Å². The summed E-state index contributed by atoms with van der Waals surface area (Å²) in [7, 11) is -1.82. The van der Waals surface area contributed by atoms with Crippen LogP contribution in [0.3, 0.4) is 0 Å². The van der Waals surface area contributed by atoms with Gasteiger partial charge >= 0.3 is 0 Å². The lowest BCUT2D eigenvalue weighted by atomic mass is 10.2. The predicted octanol–water partition coefficient (Wildman–Crippen LogP) is 1.71. The number of benzene rings is 1. The van der Waals surface area contributed by atoms with Gasteiger partial charge in [0.15, 0.2) is 0 Å². The van der Waals surface area contributed by atoms with Crippen LogP contribution in [0.4, 0.5) is 5.69 Å². The number of likely N-dealkylation sites (tertiary alicyclic amines) is 1. The lowest BCUT2D eigenvalue weighted by Crippen LogP contribution is -2.44. The first-order chi connectivity index (χ1) is 11.0. The minimum absolute atomic E-state index is 0.135. The van der Waals surface area contributed by atoms with E-state index in [1.165, 1.54) is 4.31 Å². The standard InChI is InChI=1S/C16H24N2O4S/c1-13-12-18(15-11-14(21-2)5-6-16(15)22-13)23(19,20)10-9-17-7-3-4-8-17/h5-6,11,13H,3-4,7-10,12H2,1-2H3. The number of methoxy groups -OCH3 is 1. The number of anilines is 1. The van der Waals surface area contributed by atoms with E-state index >= 15 is 0 Å². The third kappa shape index (κ3) is 3.55. The highest BCUT2D eigenvalue weighted by molar-refractivity contribution is 7.92. The molecule has 2 aliphatic heterocycles. The summed E-state index contributed by atoms with van der Waals surface area (Å²) in [6, 6.07) is 5.29. The maximum absolute atomic E-state index is 12.9. The van der Waals surface area contributed by atoms with Crippen LogP contribution in [0, 0.1) is 0 Å². The first-order valence-electron chi connectivity index (χ1n) is 8.07. The number of sulfonamides is 1. The molecule has 0 bridgehead atoms. The SMILES string of the molecule is COc1ccc2c(c1)N(S(=O)(=O)CCN1CCCC1)CC(C)O2. The molecule has 128 valence electrons. The lowest BCUT2D eigenvalue weighted by Gasteiger charge is -2.34. The zero-order valence-corrected chi connectivity index (χ0v) is 14.5. The Morgan fingerprint density at radius 2 is 2.04 bits per heavy atom. The number of nitrogens with zero attached hydrogens (tertiary/aromatic N) is 2. The molecule has 0 saturated carbocycles. The summed E-state index contributed by atoms with van der Waals surface area (Å²) in [5, 5.41) is 0. The van der Waals surface area contributed by atoms with Gasteiger partial charge in [-0.25, -0.2) is 8.42 Å². The van der Waals surface area contributed by atoms with Gasteiger partial charge in [-0.05, 0) is 45.0 Å². The minimum atomic E-state index is -3.39. The molecule has 0 aromatic heterocycles. The Morgan fingerprint density at radius 3 is 2.74 bits per heavy atom. The van der Waals surface area contributed by atoms with E-state index in [4.69, 9.17) is 9.47 Å². The Morgan fingerprint density at radius 1 is 1.30 bits per heavy atom. The van der Waals surface area contributed by atoms with Gasteiger partial charge in [-0.15, -0.1) is 0 Å². The highest BCUT2D eigenvalue weighted by atomic mass is 32.2. The van der Waals surface area contributed by atoms with Gasteiger partial charge in [0.2, 0.25) is 10.0 Å². The van der Waals surface area contributed by atoms with Crippen molar-refractivity contribution in [2.75, 3.05) is 43.3 Å². The van der Waals surface area contributed by atoms with Gasteiger partial charge in [-0.1, -0.05) is 0 Å². The molecule has 1 atom stereocenters. The largest absolute Gasteiger partial charge is 0.497 e. The van der Waals surface area contributed by atoms with Crippen LogP contribution in [-0.4, -0.2) is 58.5 Å². The second kappa shape index (κ2) is 6.57. The third-order valence-electron chi connectivity index (χ3n) is 4.39. The molecule has 0 radical (unpaired) electrons. The summed E-state index contributed by atoms with van der Waals surface area (Å²) < 4.78 is 38.2. The molecule has 0 aliphatic carbocycles. The predicted molar refractivity (Wildman–Crippen MR) is 89.9 cm³/mol. The van der Waals surface area contributed by atoms with Crippen LogP contribution in [-0.2, 0) is 10.0 Å². The smallest absolute Gasteiger partial charge is 0.236 e. The molecule has 3 rings (SSSR count). The van der Waals surface area contributed by atoms with E-state index in [2.05, 4.69) is 4.90 Å². The molecule has 1 aromatic carbocycles. The van der Waals surface area contributed by atoms with Crippen LogP contribution in [0.1, 0.15) is 19.8 Å². The summed E-state index contributed by atoms with van der Waals surface area (Å²) in [4.78, 5) is 2.22. The summed E-state index contributed by atoms with van der Waals surface area (Å²) in [6.07, 6.45) is 2.15. The van der Waals surface area contributed by atoms with E-state index in [9.17, 15) is 8.42 Å². The first-order valence-corrected chi connectivity index (χ1v) is 9.68. The first kappa shape index (κ1) is 16.4. The minimum Gasteiger partial charge on any atom is -0.497 e. The summed E-state index contributed by atoms with van der Waals surface area (Å²) in [6.45, 7) is 4.81. The van der Waals surface area contributed by atoms with E-state index < -0.39 is 10.0 Å². The quantitative estimate of drug-likeness (QED) is 0.817. The lowest BCUT2D eigenvalue weighted by molar-refractivity contribution is 0.219. The number of hydrogen-bond acceptors (Lipinski definition) is 5. The molecule has 0 spiro atoms. The van der Waals surface area contributed by atoms with Gasteiger partial charge in [-0.2, -0.15) is 0 Å². The van der Waals surface area contributed by atoms with E-state index in [-0.39, 0.29) is 11.9 Å². The monoisotopic (exact) mass is 340 g/mol. The molecule has 1 unspecified atom stereocenters. The zero-order chi connectivity index (χ0) is 16.4. The highest BCUT2D eigenvalue weighted by Gasteiger charge is 2.32. The van der Waals surface area contributed by atoms with Crippen molar-refractivity contribution < 1.29 is 17.9 Å². The molecule has 6 nitrogen and oxygen atoms in total. The summed E-state index contributed by atoms with van der Waals surface area (Å²) in [5.74, 6) is 1.35. The number of ether oxygens (including phenoxy) is 2. The van der Waals surface area contributed by atoms with Crippen LogP contribution in [0.2, 0.25) is 0 Å². The zero-order valence-electron chi connectivity index (χ0n) is 13.7. The van der Waals surface area contributed by atoms with Gasteiger partial charge in [0, 0.05) is 12.6 Å². The normalized spacial score (nSPS) is 21.8. The van der Waals surface area contributed by atoms with E-state index in [0.717, 1.165) is 25.9 Å². The van der Waals surface area contributed by atoms with Crippen molar-refractivity contribution in [3.05, 3.63) is 18.2 Å². The number of rotatable bonds is 5. The average molecular weight is 340 g/mol. The van der Waals surface area contributed by atoms with Crippen molar-refractivity contribution >= 4 is 15.7 Å². The molecule has 0 N–H and O–H groups in total. The Balaban J connectivity index is 1.83. The van der Waals surface area contributed by atoms with Crippen LogP contribution in [0.25, 0.3) is 0 Å². The topological polar surface area (TPSA) is 59.1 Å². The van der Waals surface area contributed by atoms with Gasteiger partial charge in [0.05, 0.1) is 25.1 Å². The molecule has 2 aliphatic rings. The van der Waals surface area contributed by atoms with Gasteiger partial charge < -0.3 is 14.4 Å². The molecular formula is C16H24N2O4S. The average Bonchev–Trinajstić information content (AvgIpc) is 3.05. The second-order valence-corrected chi connectivity index (χ2v) is 8.17. The molecule has 7 heteroatoms.